The molecule has 7 nitrogen and oxygen atoms in total. The SMILES string of the molecule is Cc1nn(C)c(Cl)c1S(=O)(=O)N1CCC[C@H](C(=O)c2cccc(OC(C)C)c2)C1. The number of ether oxygens (including phenoxy) is 1. The van der Waals surface area contributed by atoms with Crippen molar-refractivity contribution in [3.05, 3.63) is 40.7 Å². The summed E-state index contributed by atoms with van der Waals surface area (Å²) in [6.07, 6.45) is 1.25. The van der Waals surface area contributed by atoms with Crippen LogP contribution in [-0.4, -0.2) is 47.5 Å². The number of nitrogens with zero attached hydrogens (tertiary/aromatic N) is 3. The summed E-state index contributed by atoms with van der Waals surface area (Å²) in [5.74, 6) is 0.139. The van der Waals surface area contributed by atoms with Gasteiger partial charge in [-0.2, -0.15) is 9.40 Å². The van der Waals surface area contributed by atoms with E-state index in [1.54, 1.807) is 32.2 Å². The summed E-state index contributed by atoms with van der Waals surface area (Å²) >= 11 is 6.19. The molecule has 1 saturated heterocycles. The molecule has 0 bridgehead atoms. The first-order chi connectivity index (χ1) is 13.6. The quantitative estimate of drug-likeness (QED) is 0.644. The third-order valence-corrected chi connectivity index (χ3v) is 7.51. The number of rotatable bonds is 6. The normalized spacial score (nSPS) is 18.2. The van der Waals surface area contributed by atoms with Crippen molar-refractivity contribution in [3.8, 4) is 5.75 Å². The largest absolute Gasteiger partial charge is 0.491 e. The molecule has 0 aliphatic carbocycles. The van der Waals surface area contributed by atoms with E-state index in [1.807, 2.05) is 19.9 Å². The van der Waals surface area contributed by atoms with E-state index in [1.165, 1.54) is 8.99 Å². The van der Waals surface area contributed by atoms with Gasteiger partial charge in [-0.3, -0.25) is 9.48 Å². The molecule has 1 aromatic heterocycles. The number of halogens is 1. The predicted octanol–water partition coefficient (Wildman–Crippen LogP) is 3.45. The van der Waals surface area contributed by atoms with Crippen LogP contribution in [0.2, 0.25) is 5.15 Å². The second-order valence-corrected chi connectivity index (χ2v) is 9.82. The minimum Gasteiger partial charge on any atom is -0.491 e. The molecule has 1 aliphatic heterocycles. The van der Waals surface area contributed by atoms with E-state index in [4.69, 9.17) is 16.3 Å². The lowest BCUT2D eigenvalue weighted by atomic mass is 9.91. The van der Waals surface area contributed by atoms with Crippen molar-refractivity contribution in [3.63, 3.8) is 0 Å². The number of aromatic nitrogens is 2. The highest BCUT2D eigenvalue weighted by Gasteiger charge is 2.37. The number of hydrogen-bond acceptors (Lipinski definition) is 5. The number of carbonyl (C=O) groups is 1. The van der Waals surface area contributed by atoms with Gasteiger partial charge in [0.1, 0.15) is 15.8 Å². The lowest BCUT2D eigenvalue weighted by molar-refractivity contribution is 0.0871. The van der Waals surface area contributed by atoms with E-state index in [2.05, 4.69) is 5.10 Å². The van der Waals surface area contributed by atoms with Crippen molar-refractivity contribution in [1.82, 2.24) is 14.1 Å². The van der Waals surface area contributed by atoms with Crippen molar-refractivity contribution in [2.24, 2.45) is 13.0 Å². The van der Waals surface area contributed by atoms with Crippen molar-refractivity contribution in [1.29, 1.82) is 0 Å². The zero-order valence-corrected chi connectivity index (χ0v) is 18.6. The van der Waals surface area contributed by atoms with Gasteiger partial charge in [0.2, 0.25) is 10.0 Å². The molecule has 0 N–H and O–H groups in total. The number of carbonyl (C=O) groups excluding carboxylic acids is 1. The lowest BCUT2D eigenvalue weighted by Gasteiger charge is -2.31. The maximum Gasteiger partial charge on any atom is 0.248 e. The fourth-order valence-corrected chi connectivity index (χ4v) is 5.87. The molecular weight excluding hydrogens is 414 g/mol. The maximum atomic E-state index is 13.2. The van der Waals surface area contributed by atoms with Crippen molar-refractivity contribution in [2.75, 3.05) is 13.1 Å². The van der Waals surface area contributed by atoms with Crippen LogP contribution in [0.1, 0.15) is 42.7 Å². The molecule has 0 spiro atoms. The Labute approximate surface area is 176 Å². The van der Waals surface area contributed by atoms with Gasteiger partial charge in [-0.05, 0) is 45.7 Å². The summed E-state index contributed by atoms with van der Waals surface area (Å²) < 4.78 is 34.7. The summed E-state index contributed by atoms with van der Waals surface area (Å²) in [4.78, 5) is 13.1. The van der Waals surface area contributed by atoms with Crippen LogP contribution in [-0.2, 0) is 17.1 Å². The highest BCUT2D eigenvalue weighted by molar-refractivity contribution is 7.89. The highest BCUT2D eigenvalue weighted by atomic mass is 35.5. The van der Waals surface area contributed by atoms with Crippen LogP contribution >= 0.6 is 11.6 Å². The van der Waals surface area contributed by atoms with Crippen molar-refractivity contribution in [2.45, 2.75) is 44.6 Å². The molecule has 0 unspecified atom stereocenters. The number of hydrogen-bond donors (Lipinski definition) is 0. The van der Waals surface area contributed by atoms with E-state index in [9.17, 15) is 13.2 Å². The Kier molecular flexibility index (Phi) is 6.36. The molecule has 2 aromatic rings. The molecule has 158 valence electrons. The van der Waals surface area contributed by atoms with Crippen LogP contribution in [0.3, 0.4) is 0 Å². The van der Waals surface area contributed by atoms with E-state index in [0.717, 1.165) is 0 Å². The second-order valence-electron chi connectivity index (χ2n) is 7.59. The fourth-order valence-electron chi connectivity index (χ4n) is 3.64. The van der Waals surface area contributed by atoms with Gasteiger partial charge in [0.15, 0.2) is 5.78 Å². The number of aryl methyl sites for hydroxylation is 2. The summed E-state index contributed by atoms with van der Waals surface area (Å²) in [5, 5.41) is 4.18. The number of ketones is 1. The van der Waals surface area contributed by atoms with Gasteiger partial charge in [-0.15, -0.1) is 0 Å². The zero-order valence-electron chi connectivity index (χ0n) is 17.1. The number of piperidine rings is 1. The molecule has 1 fully saturated rings. The van der Waals surface area contributed by atoms with Gasteiger partial charge < -0.3 is 4.74 Å². The molecule has 1 atom stereocenters. The van der Waals surface area contributed by atoms with Gasteiger partial charge in [-0.25, -0.2) is 8.42 Å². The van der Waals surface area contributed by atoms with Crippen LogP contribution in [0.25, 0.3) is 0 Å². The van der Waals surface area contributed by atoms with Crippen LogP contribution in [0.5, 0.6) is 5.75 Å². The fraction of sp³-hybridized carbons (Fsp3) is 0.500. The minimum absolute atomic E-state index is 0.00290. The first kappa shape index (κ1) is 21.8. The molecule has 9 heteroatoms. The van der Waals surface area contributed by atoms with E-state index in [-0.39, 0.29) is 28.5 Å². The molecule has 3 rings (SSSR count). The van der Waals surface area contributed by atoms with Gasteiger partial charge in [-0.1, -0.05) is 23.7 Å². The minimum atomic E-state index is -3.83. The second kappa shape index (κ2) is 8.45. The predicted molar refractivity (Wildman–Crippen MR) is 111 cm³/mol. The molecular formula is C20H26ClN3O4S. The topological polar surface area (TPSA) is 81.5 Å². The Morgan fingerprint density at radius 2 is 2.07 bits per heavy atom. The zero-order chi connectivity index (χ0) is 21.3. The Balaban J connectivity index is 1.83. The Morgan fingerprint density at radius 1 is 1.34 bits per heavy atom. The summed E-state index contributed by atoms with van der Waals surface area (Å²) in [5.41, 5.74) is 0.882. The van der Waals surface area contributed by atoms with E-state index < -0.39 is 15.9 Å². The smallest absolute Gasteiger partial charge is 0.248 e. The standard InChI is InChI=1S/C20H26ClN3O4S/c1-13(2)28-17-9-5-7-15(11-17)18(25)16-8-6-10-24(12-16)29(26,27)19-14(3)22-23(4)20(19)21/h5,7,9,11,13,16H,6,8,10,12H2,1-4H3/t16-/m0/s1. The average Bonchev–Trinajstić information content (AvgIpc) is 2.93. The summed E-state index contributed by atoms with van der Waals surface area (Å²) in [6.45, 7) is 5.94. The number of Topliss-reactive ketones (excluding diaryl/α,β-unsaturated/α-hetero) is 1. The van der Waals surface area contributed by atoms with Gasteiger partial charge >= 0.3 is 0 Å². The van der Waals surface area contributed by atoms with Crippen LogP contribution in [0.4, 0.5) is 0 Å². The van der Waals surface area contributed by atoms with Crippen LogP contribution < -0.4 is 4.74 Å². The summed E-state index contributed by atoms with van der Waals surface area (Å²) in [7, 11) is -2.23. The first-order valence-corrected chi connectivity index (χ1v) is 11.4. The molecule has 1 aromatic carbocycles. The third kappa shape index (κ3) is 4.49. The Bertz CT molecular complexity index is 1020. The Hall–Kier alpha value is -1.90. The van der Waals surface area contributed by atoms with E-state index >= 15 is 0 Å². The lowest BCUT2D eigenvalue weighted by Crippen LogP contribution is -2.42. The third-order valence-electron chi connectivity index (χ3n) is 4.94. The van der Waals surface area contributed by atoms with Crippen molar-refractivity contribution < 1.29 is 17.9 Å². The van der Waals surface area contributed by atoms with Crippen LogP contribution in [0, 0.1) is 12.8 Å². The average molecular weight is 440 g/mol. The van der Waals surface area contributed by atoms with E-state index in [0.29, 0.717) is 36.4 Å². The molecule has 0 saturated carbocycles. The number of sulfonamides is 1. The van der Waals surface area contributed by atoms with Crippen LogP contribution in [0.15, 0.2) is 29.2 Å². The van der Waals surface area contributed by atoms with Crippen molar-refractivity contribution >= 4 is 27.4 Å². The highest BCUT2D eigenvalue weighted by Crippen LogP contribution is 2.31. The molecule has 1 aliphatic rings. The van der Waals surface area contributed by atoms with Gasteiger partial charge in [0, 0.05) is 31.6 Å². The molecule has 0 radical (unpaired) electrons. The monoisotopic (exact) mass is 439 g/mol. The first-order valence-electron chi connectivity index (χ1n) is 9.61. The molecule has 0 amide bonds. The Morgan fingerprint density at radius 3 is 2.69 bits per heavy atom. The van der Waals surface area contributed by atoms with Gasteiger partial charge in [0.25, 0.3) is 0 Å². The molecule has 29 heavy (non-hydrogen) atoms. The number of benzene rings is 1. The molecule has 2 heterocycles. The summed E-state index contributed by atoms with van der Waals surface area (Å²) in [6, 6.07) is 7.05. The van der Waals surface area contributed by atoms with Gasteiger partial charge in [0.05, 0.1) is 11.8 Å². The maximum absolute atomic E-state index is 13.2.